The third-order valence-electron chi connectivity index (χ3n) is 2.54. The van der Waals surface area contributed by atoms with Crippen LogP contribution in [-0.4, -0.2) is 13.7 Å². The molecule has 0 aliphatic carbocycles. The highest BCUT2D eigenvalue weighted by molar-refractivity contribution is 5.61. The Balaban J connectivity index is 2.33. The largest absolute Gasteiger partial charge is 0.461 e. The molecular formula is C14H16O2. The zero-order valence-electron chi connectivity index (χ0n) is 9.69. The fourth-order valence-corrected chi connectivity index (χ4v) is 1.80. The number of methoxy groups -OCH3 is 1. The monoisotopic (exact) mass is 216 g/mol. The molecule has 84 valence electrons. The van der Waals surface area contributed by atoms with Gasteiger partial charge in [-0.1, -0.05) is 30.3 Å². The standard InChI is InChI=1S/C14H16O2/c1-11-10-13(8-9-15-2)14(16-11)12-6-4-3-5-7-12/h3-7,10H,8-9H2,1-2H3. The molecule has 2 heteroatoms. The summed E-state index contributed by atoms with van der Waals surface area (Å²) in [7, 11) is 1.72. The van der Waals surface area contributed by atoms with E-state index in [9.17, 15) is 0 Å². The van der Waals surface area contributed by atoms with Crippen molar-refractivity contribution < 1.29 is 9.15 Å². The van der Waals surface area contributed by atoms with E-state index in [-0.39, 0.29) is 0 Å². The summed E-state index contributed by atoms with van der Waals surface area (Å²) < 4.78 is 10.8. The lowest BCUT2D eigenvalue weighted by molar-refractivity contribution is 0.202. The van der Waals surface area contributed by atoms with Crippen LogP contribution in [0.4, 0.5) is 0 Å². The van der Waals surface area contributed by atoms with Crippen LogP contribution < -0.4 is 0 Å². The summed E-state index contributed by atoms with van der Waals surface area (Å²) in [5.41, 5.74) is 2.34. The van der Waals surface area contributed by atoms with Gasteiger partial charge in [-0.3, -0.25) is 0 Å². The van der Waals surface area contributed by atoms with Crippen LogP contribution in [-0.2, 0) is 11.2 Å². The molecule has 0 atom stereocenters. The highest BCUT2D eigenvalue weighted by atomic mass is 16.5. The van der Waals surface area contributed by atoms with Gasteiger partial charge in [0, 0.05) is 18.2 Å². The first kappa shape index (κ1) is 11.0. The lowest BCUT2D eigenvalue weighted by atomic mass is 10.1. The molecule has 2 rings (SSSR count). The summed E-state index contributed by atoms with van der Waals surface area (Å²) in [6.07, 6.45) is 0.887. The molecule has 16 heavy (non-hydrogen) atoms. The fourth-order valence-electron chi connectivity index (χ4n) is 1.80. The second kappa shape index (κ2) is 4.99. The Morgan fingerprint density at radius 2 is 1.94 bits per heavy atom. The molecule has 1 heterocycles. The van der Waals surface area contributed by atoms with Crippen molar-refractivity contribution in [2.75, 3.05) is 13.7 Å². The van der Waals surface area contributed by atoms with Crippen molar-refractivity contribution in [1.82, 2.24) is 0 Å². The van der Waals surface area contributed by atoms with E-state index < -0.39 is 0 Å². The van der Waals surface area contributed by atoms with Gasteiger partial charge in [-0.05, 0) is 19.4 Å². The smallest absolute Gasteiger partial charge is 0.137 e. The van der Waals surface area contributed by atoms with Crippen LogP contribution in [0.15, 0.2) is 40.8 Å². The van der Waals surface area contributed by atoms with E-state index in [0.717, 1.165) is 30.1 Å². The third kappa shape index (κ3) is 2.34. The Hall–Kier alpha value is -1.54. The Kier molecular flexibility index (Phi) is 3.42. The van der Waals surface area contributed by atoms with Gasteiger partial charge in [-0.25, -0.2) is 0 Å². The topological polar surface area (TPSA) is 22.4 Å². The predicted octanol–water partition coefficient (Wildman–Crippen LogP) is 3.44. The predicted molar refractivity (Wildman–Crippen MR) is 64.5 cm³/mol. The molecule has 1 aromatic heterocycles. The minimum atomic E-state index is 0.721. The SMILES string of the molecule is COCCc1cc(C)oc1-c1ccccc1. The molecule has 0 aliphatic heterocycles. The van der Waals surface area contributed by atoms with Crippen molar-refractivity contribution in [3.8, 4) is 11.3 Å². The van der Waals surface area contributed by atoms with Crippen LogP contribution in [0, 0.1) is 6.92 Å². The lowest BCUT2D eigenvalue weighted by Crippen LogP contribution is -1.94. The van der Waals surface area contributed by atoms with Crippen molar-refractivity contribution in [2.45, 2.75) is 13.3 Å². The van der Waals surface area contributed by atoms with Crippen LogP contribution in [0.5, 0.6) is 0 Å². The van der Waals surface area contributed by atoms with Crippen LogP contribution >= 0.6 is 0 Å². The molecule has 0 bridgehead atoms. The number of aryl methyl sites for hydroxylation is 1. The van der Waals surface area contributed by atoms with Crippen LogP contribution in [0.25, 0.3) is 11.3 Å². The summed E-state index contributed by atoms with van der Waals surface area (Å²) in [6, 6.07) is 12.3. The van der Waals surface area contributed by atoms with Crippen molar-refractivity contribution in [2.24, 2.45) is 0 Å². The van der Waals surface area contributed by atoms with Crippen molar-refractivity contribution in [3.05, 3.63) is 47.7 Å². The maximum atomic E-state index is 5.74. The second-order valence-corrected chi connectivity index (χ2v) is 3.82. The summed E-state index contributed by atoms with van der Waals surface area (Å²) in [5.74, 6) is 1.92. The molecule has 0 unspecified atom stereocenters. The fraction of sp³-hybridized carbons (Fsp3) is 0.286. The quantitative estimate of drug-likeness (QED) is 0.781. The summed E-state index contributed by atoms with van der Waals surface area (Å²) >= 11 is 0. The third-order valence-corrected chi connectivity index (χ3v) is 2.54. The molecule has 0 radical (unpaired) electrons. The molecule has 0 saturated carbocycles. The van der Waals surface area contributed by atoms with Gasteiger partial charge >= 0.3 is 0 Å². The first-order valence-electron chi connectivity index (χ1n) is 5.45. The molecule has 0 N–H and O–H groups in total. The van der Waals surface area contributed by atoms with Gasteiger partial charge in [-0.2, -0.15) is 0 Å². The highest BCUT2D eigenvalue weighted by Gasteiger charge is 2.10. The molecule has 0 saturated heterocycles. The van der Waals surface area contributed by atoms with E-state index in [1.54, 1.807) is 7.11 Å². The van der Waals surface area contributed by atoms with Gasteiger partial charge in [0.1, 0.15) is 11.5 Å². The average Bonchev–Trinajstić information content (AvgIpc) is 2.69. The van der Waals surface area contributed by atoms with Gasteiger partial charge in [0.15, 0.2) is 0 Å². The second-order valence-electron chi connectivity index (χ2n) is 3.82. The molecule has 0 fully saturated rings. The Bertz CT molecular complexity index is 443. The summed E-state index contributed by atoms with van der Waals surface area (Å²) in [5, 5.41) is 0. The van der Waals surface area contributed by atoms with Gasteiger partial charge in [-0.15, -0.1) is 0 Å². The maximum Gasteiger partial charge on any atom is 0.137 e. The molecule has 0 amide bonds. The Morgan fingerprint density at radius 1 is 1.19 bits per heavy atom. The summed E-state index contributed by atoms with van der Waals surface area (Å²) in [6.45, 7) is 2.70. The lowest BCUT2D eigenvalue weighted by Gasteiger charge is -2.01. The Morgan fingerprint density at radius 3 is 2.62 bits per heavy atom. The number of benzene rings is 1. The van der Waals surface area contributed by atoms with E-state index in [1.165, 1.54) is 5.56 Å². The van der Waals surface area contributed by atoms with E-state index >= 15 is 0 Å². The van der Waals surface area contributed by atoms with Gasteiger partial charge in [0.25, 0.3) is 0 Å². The van der Waals surface area contributed by atoms with Crippen LogP contribution in [0.2, 0.25) is 0 Å². The molecule has 2 aromatic rings. The van der Waals surface area contributed by atoms with Gasteiger partial charge in [0.05, 0.1) is 6.61 Å². The highest BCUT2D eigenvalue weighted by Crippen LogP contribution is 2.27. The minimum Gasteiger partial charge on any atom is -0.461 e. The normalized spacial score (nSPS) is 10.6. The average molecular weight is 216 g/mol. The first-order chi connectivity index (χ1) is 7.81. The van der Waals surface area contributed by atoms with Gasteiger partial charge < -0.3 is 9.15 Å². The zero-order valence-corrected chi connectivity index (χ0v) is 9.69. The number of ether oxygens (including phenoxy) is 1. The summed E-state index contributed by atoms with van der Waals surface area (Å²) in [4.78, 5) is 0. The van der Waals surface area contributed by atoms with E-state index in [2.05, 4.69) is 18.2 Å². The molecule has 0 spiro atoms. The van der Waals surface area contributed by atoms with E-state index in [1.807, 2.05) is 25.1 Å². The maximum absolute atomic E-state index is 5.74. The van der Waals surface area contributed by atoms with Gasteiger partial charge in [0.2, 0.25) is 0 Å². The molecule has 1 aromatic carbocycles. The first-order valence-corrected chi connectivity index (χ1v) is 5.45. The van der Waals surface area contributed by atoms with Crippen molar-refractivity contribution in [3.63, 3.8) is 0 Å². The number of rotatable bonds is 4. The Labute approximate surface area is 95.9 Å². The molecule has 0 aliphatic rings. The zero-order chi connectivity index (χ0) is 11.4. The van der Waals surface area contributed by atoms with Crippen LogP contribution in [0.3, 0.4) is 0 Å². The molecule has 2 nitrogen and oxygen atoms in total. The number of hydrogen-bond donors (Lipinski definition) is 0. The van der Waals surface area contributed by atoms with Crippen LogP contribution in [0.1, 0.15) is 11.3 Å². The van der Waals surface area contributed by atoms with Crippen molar-refractivity contribution in [1.29, 1.82) is 0 Å². The van der Waals surface area contributed by atoms with E-state index in [0.29, 0.717) is 0 Å². The van der Waals surface area contributed by atoms with Crippen molar-refractivity contribution >= 4 is 0 Å². The molecular weight excluding hydrogens is 200 g/mol. The van der Waals surface area contributed by atoms with E-state index in [4.69, 9.17) is 9.15 Å². The number of hydrogen-bond acceptors (Lipinski definition) is 2. The number of furan rings is 1. The minimum absolute atomic E-state index is 0.721.